The van der Waals surface area contributed by atoms with Crippen molar-refractivity contribution in [1.29, 1.82) is 0 Å². The summed E-state index contributed by atoms with van der Waals surface area (Å²) in [4.78, 5) is 22.9. The van der Waals surface area contributed by atoms with Crippen molar-refractivity contribution < 1.29 is 14.3 Å². The number of nitrogens with one attached hydrogen (secondary N) is 1. The van der Waals surface area contributed by atoms with Crippen molar-refractivity contribution in [2.24, 2.45) is 5.73 Å². The predicted octanol–water partition coefficient (Wildman–Crippen LogP) is 1.54. The molecule has 0 bridgehead atoms. The quantitative estimate of drug-likeness (QED) is 0.794. The highest BCUT2D eigenvalue weighted by Crippen LogP contribution is 2.11. The second-order valence-corrected chi connectivity index (χ2v) is 4.31. The van der Waals surface area contributed by atoms with Gasteiger partial charge in [-0.3, -0.25) is 4.79 Å². The van der Waals surface area contributed by atoms with E-state index in [-0.39, 0.29) is 18.0 Å². The van der Waals surface area contributed by atoms with E-state index in [4.69, 9.17) is 10.5 Å². The third-order valence-electron chi connectivity index (χ3n) is 2.14. The molecule has 0 aliphatic heterocycles. The SMILES string of the molecule is CC(C)OC(=O)c1ccc(NC(=O)[C@@H](C)N)cc1. The summed E-state index contributed by atoms with van der Waals surface area (Å²) in [5.74, 6) is -0.650. The molecule has 1 amide bonds. The summed E-state index contributed by atoms with van der Waals surface area (Å²) in [6.45, 7) is 5.17. The number of esters is 1. The Morgan fingerprint density at radius 2 is 1.72 bits per heavy atom. The first-order chi connectivity index (χ1) is 8.40. The van der Waals surface area contributed by atoms with Crippen molar-refractivity contribution in [3.8, 4) is 0 Å². The Morgan fingerprint density at radius 3 is 2.17 bits per heavy atom. The molecule has 0 heterocycles. The molecule has 0 saturated carbocycles. The molecule has 18 heavy (non-hydrogen) atoms. The first-order valence-corrected chi connectivity index (χ1v) is 5.77. The van der Waals surface area contributed by atoms with E-state index >= 15 is 0 Å². The van der Waals surface area contributed by atoms with Gasteiger partial charge >= 0.3 is 5.97 Å². The van der Waals surface area contributed by atoms with Gasteiger partial charge < -0.3 is 15.8 Å². The van der Waals surface area contributed by atoms with Gasteiger partial charge in [0.05, 0.1) is 17.7 Å². The minimum atomic E-state index is -0.574. The van der Waals surface area contributed by atoms with E-state index in [1.54, 1.807) is 45.0 Å². The van der Waals surface area contributed by atoms with E-state index in [9.17, 15) is 9.59 Å². The standard InChI is InChI=1S/C13H18N2O3/c1-8(2)18-13(17)10-4-6-11(7-5-10)15-12(16)9(3)14/h4-9H,14H2,1-3H3,(H,15,16)/t9-/m1/s1. The molecule has 0 aromatic heterocycles. The Balaban J connectivity index is 2.68. The minimum absolute atomic E-state index is 0.157. The van der Waals surface area contributed by atoms with Crippen LogP contribution in [-0.2, 0) is 9.53 Å². The predicted molar refractivity (Wildman–Crippen MR) is 69.3 cm³/mol. The number of carbonyl (C=O) groups excluding carboxylic acids is 2. The lowest BCUT2D eigenvalue weighted by Crippen LogP contribution is -2.32. The summed E-state index contributed by atoms with van der Waals surface area (Å²) in [7, 11) is 0. The zero-order valence-electron chi connectivity index (χ0n) is 10.8. The fourth-order valence-corrected chi connectivity index (χ4v) is 1.23. The monoisotopic (exact) mass is 250 g/mol. The smallest absolute Gasteiger partial charge is 0.338 e. The number of hydrogen-bond donors (Lipinski definition) is 2. The van der Waals surface area contributed by atoms with Crippen molar-refractivity contribution in [3.05, 3.63) is 29.8 Å². The van der Waals surface area contributed by atoms with Crippen LogP contribution in [0.4, 0.5) is 5.69 Å². The van der Waals surface area contributed by atoms with Gasteiger partial charge in [-0.2, -0.15) is 0 Å². The molecule has 0 fully saturated rings. The van der Waals surface area contributed by atoms with Gasteiger partial charge in [0.25, 0.3) is 0 Å². The van der Waals surface area contributed by atoms with E-state index in [0.717, 1.165) is 0 Å². The van der Waals surface area contributed by atoms with Crippen LogP contribution in [0.3, 0.4) is 0 Å². The van der Waals surface area contributed by atoms with Crippen LogP contribution in [0.2, 0.25) is 0 Å². The lowest BCUT2D eigenvalue weighted by molar-refractivity contribution is -0.117. The Kier molecular flexibility index (Phi) is 4.85. The number of nitrogens with two attached hydrogens (primary N) is 1. The van der Waals surface area contributed by atoms with Crippen LogP contribution < -0.4 is 11.1 Å². The normalized spacial score (nSPS) is 12.1. The first kappa shape index (κ1) is 14.2. The molecule has 98 valence electrons. The molecule has 5 nitrogen and oxygen atoms in total. The summed E-state index contributed by atoms with van der Waals surface area (Å²) in [5, 5.41) is 2.63. The van der Waals surface area contributed by atoms with Crippen LogP contribution >= 0.6 is 0 Å². The van der Waals surface area contributed by atoms with Gasteiger partial charge in [0.2, 0.25) is 5.91 Å². The molecule has 1 aromatic carbocycles. The second kappa shape index (κ2) is 6.16. The van der Waals surface area contributed by atoms with Gasteiger partial charge in [0.1, 0.15) is 0 Å². The molecule has 0 unspecified atom stereocenters. The molecule has 0 radical (unpaired) electrons. The van der Waals surface area contributed by atoms with Crippen LogP contribution in [0, 0.1) is 0 Å². The minimum Gasteiger partial charge on any atom is -0.459 e. The lowest BCUT2D eigenvalue weighted by atomic mass is 10.2. The second-order valence-electron chi connectivity index (χ2n) is 4.31. The van der Waals surface area contributed by atoms with E-state index < -0.39 is 6.04 Å². The summed E-state index contributed by atoms with van der Waals surface area (Å²) in [6, 6.07) is 5.90. The highest BCUT2D eigenvalue weighted by atomic mass is 16.5. The topological polar surface area (TPSA) is 81.4 Å². The molecule has 0 saturated heterocycles. The third kappa shape index (κ3) is 4.18. The summed E-state index contributed by atoms with van der Waals surface area (Å²) in [5.41, 5.74) is 6.47. The van der Waals surface area contributed by atoms with Crippen LogP contribution in [0.1, 0.15) is 31.1 Å². The summed E-state index contributed by atoms with van der Waals surface area (Å²) in [6.07, 6.45) is -0.157. The molecule has 0 aliphatic rings. The molecule has 1 aromatic rings. The maximum absolute atomic E-state index is 11.6. The Labute approximate surface area is 106 Å². The average Bonchev–Trinajstić information content (AvgIpc) is 2.28. The van der Waals surface area contributed by atoms with Gasteiger partial charge in [0, 0.05) is 5.69 Å². The molecular formula is C13H18N2O3. The Hall–Kier alpha value is -1.88. The molecule has 1 rings (SSSR count). The van der Waals surface area contributed by atoms with Crippen LogP contribution in [0.25, 0.3) is 0 Å². The van der Waals surface area contributed by atoms with Crippen molar-refractivity contribution >= 4 is 17.6 Å². The summed E-state index contributed by atoms with van der Waals surface area (Å²) >= 11 is 0. The average molecular weight is 250 g/mol. The highest BCUT2D eigenvalue weighted by molar-refractivity contribution is 5.95. The molecule has 0 aliphatic carbocycles. The van der Waals surface area contributed by atoms with Crippen LogP contribution in [0.5, 0.6) is 0 Å². The number of amides is 1. The number of benzene rings is 1. The van der Waals surface area contributed by atoms with E-state index in [1.807, 2.05) is 0 Å². The van der Waals surface area contributed by atoms with E-state index in [0.29, 0.717) is 11.3 Å². The van der Waals surface area contributed by atoms with Crippen molar-refractivity contribution in [2.45, 2.75) is 32.9 Å². The van der Waals surface area contributed by atoms with Crippen molar-refractivity contribution in [3.63, 3.8) is 0 Å². The van der Waals surface area contributed by atoms with E-state index in [2.05, 4.69) is 5.32 Å². The largest absolute Gasteiger partial charge is 0.459 e. The first-order valence-electron chi connectivity index (χ1n) is 5.77. The van der Waals surface area contributed by atoms with Gasteiger partial charge in [-0.25, -0.2) is 4.79 Å². The fraction of sp³-hybridized carbons (Fsp3) is 0.385. The van der Waals surface area contributed by atoms with Crippen LogP contribution in [-0.4, -0.2) is 24.0 Å². The maximum Gasteiger partial charge on any atom is 0.338 e. The third-order valence-corrected chi connectivity index (χ3v) is 2.14. The Bertz CT molecular complexity index is 424. The van der Waals surface area contributed by atoms with Gasteiger partial charge in [0.15, 0.2) is 0 Å². The van der Waals surface area contributed by atoms with Crippen molar-refractivity contribution in [1.82, 2.24) is 0 Å². The number of hydrogen-bond acceptors (Lipinski definition) is 4. The number of carbonyl (C=O) groups is 2. The molecule has 1 atom stereocenters. The number of rotatable bonds is 4. The fourth-order valence-electron chi connectivity index (χ4n) is 1.23. The number of anilines is 1. The number of ether oxygens (including phenoxy) is 1. The summed E-state index contributed by atoms with van der Waals surface area (Å²) < 4.78 is 5.05. The van der Waals surface area contributed by atoms with E-state index in [1.165, 1.54) is 0 Å². The molecule has 0 spiro atoms. The molecular weight excluding hydrogens is 232 g/mol. The molecule has 5 heteroatoms. The van der Waals surface area contributed by atoms with Gasteiger partial charge in [-0.15, -0.1) is 0 Å². The maximum atomic E-state index is 11.6. The van der Waals surface area contributed by atoms with Crippen LogP contribution in [0.15, 0.2) is 24.3 Å². The molecule has 3 N–H and O–H groups in total. The lowest BCUT2D eigenvalue weighted by Gasteiger charge is -2.10. The Morgan fingerprint density at radius 1 is 1.17 bits per heavy atom. The highest BCUT2D eigenvalue weighted by Gasteiger charge is 2.10. The zero-order valence-corrected chi connectivity index (χ0v) is 10.8. The van der Waals surface area contributed by atoms with Crippen molar-refractivity contribution in [2.75, 3.05) is 5.32 Å². The van der Waals surface area contributed by atoms with Gasteiger partial charge in [-0.1, -0.05) is 0 Å². The van der Waals surface area contributed by atoms with Gasteiger partial charge in [-0.05, 0) is 45.0 Å². The zero-order chi connectivity index (χ0) is 13.7.